The Morgan fingerprint density at radius 2 is 1.50 bits per heavy atom. The molecule has 0 bridgehead atoms. The number of aryl methyl sites for hydroxylation is 4. The van der Waals surface area contributed by atoms with Crippen molar-refractivity contribution >= 4 is 33.2 Å². The molecular formula is C25H27ClN2O3S. The number of halogens is 1. The minimum absolute atomic E-state index is 0.0187. The molecule has 5 nitrogen and oxygen atoms in total. The molecule has 3 aromatic carbocycles. The van der Waals surface area contributed by atoms with E-state index in [0.717, 1.165) is 26.6 Å². The van der Waals surface area contributed by atoms with Crippen molar-refractivity contribution in [3.8, 4) is 0 Å². The van der Waals surface area contributed by atoms with Crippen LogP contribution >= 0.6 is 11.6 Å². The van der Waals surface area contributed by atoms with Gasteiger partial charge in [0.15, 0.2) is 0 Å². The Hall–Kier alpha value is -2.67. The summed E-state index contributed by atoms with van der Waals surface area (Å²) >= 11 is 6.29. The predicted molar refractivity (Wildman–Crippen MR) is 130 cm³/mol. The number of rotatable bonds is 7. The highest BCUT2D eigenvalue weighted by Gasteiger charge is 2.28. The molecular weight excluding hydrogens is 444 g/mol. The Labute approximate surface area is 195 Å². The van der Waals surface area contributed by atoms with Crippen LogP contribution in [0.1, 0.15) is 27.8 Å². The van der Waals surface area contributed by atoms with Crippen molar-refractivity contribution in [1.29, 1.82) is 0 Å². The van der Waals surface area contributed by atoms with Crippen LogP contribution in [0, 0.1) is 27.7 Å². The van der Waals surface area contributed by atoms with E-state index >= 15 is 0 Å². The van der Waals surface area contributed by atoms with Crippen LogP contribution in [0.25, 0.3) is 0 Å². The van der Waals surface area contributed by atoms with E-state index in [0.29, 0.717) is 16.3 Å². The Morgan fingerprint density at radius 1 is 0.906 bits per heavy atom. The molecule has 3 rings (SSSR count). The molecule has 0 unspecified atom stereocenters. The van der Waals surface area contributed by atoms with Gasteiger partial charge in [-0.2, -0.15) is 4.31 Å². The van der Waals surface area contributed by atoms with Gasteiger partial charge in [0.1, 0.15) is 0 Å². The summed E-state index contributed by atoms with van der Waals surface area (Å²) in [6.07, 6.45) is 0. The first-order chi connectivity index (χ1) is 15.1. The highest BCUT2D eigenvalue weighted by atomic mass is 35.5. The van der Waals surface area contributed by atoms with E-state index in [1.165, 1.54) is 0 Å². The average molecular weight is 471 g/mol. The van der Waals surface area contributed by atoms with E-state index in [4.69, 9.17) is 11.6 Å². The molecule has 7 heteroatoms. The standard InChI is InChI=1S/C25H27ClN2O3S/c1-17-9-11-22(12-10-17)32(30,31)28(15-21-7-5-6-8-23(21)26)16-24(29)27-25-19(3)13-18(2)14-20(25)4/h5-14H,15-16H2,1-4H3,(H,27,29). The molecule has 1 amide bonds. The summed E-state index contributed by atoms with van der Waals surface area (Å²) in [5.41, 5.74) is 5.22. The fourth-order valence-corrected chi connectivity index (χ4v) is 5.19. The third kappa shape index (κ3) is 5.57. The van der Waals surface area contributed by atoms with Gasteiger partial charge < -0.3 is 5.32 Å². The molecule has 0 spiro atoms. The minimum Gasteiger partial charge on any atom is -0.324 e. The largest absolute Gasteiger partial charge is 0.324 e. The predicted octanol–water partition coefficient (Wildman–Crippen LogP) is 5.40. The summed E-state index contributed by atoms with van der Waals surface area (Å²) < 4.78 is 28.0. The Bertz CT molecular complexity index is 1220. The van der Waals surface area contributed by atoms with E-state index in [9.17, 15) is 13.2 Å². The lowest BCUT2D eigenvalue weighted by molar-refractivity contribution is -0.116. The lowest BCUT2D eigenvalue weighted by atomic mass is 10.1. The van der Waals surface area contributed by atoms with Gasteiger partial charge in [0.05, 0.1) is 11.4 Å². The highest BCUT2D eigenvalue weighted by molar-refractivity contribution is 7.89. The van der Waals surface area contributed by atoms with Crippen LogP contribution in [0.2, 0.25) is 5.02 Å². The zero-order valence-corrected chi connectivity index (χ0v) is 20.2. The molecule has 0 saturated carbocycles. The molecule has 3 aromatic rings. The first kappa shape index (κ1) is 24.0. The zero-order chi connectivity index (χ0) is 23.5. The molecule has 0 aromatic heterocycles. The smallest absolute Gasteiger partial charge is 0.243 e. The van der Waals surface area contributed by atoms with Gasteiger partial charge in [-0.05, 0) is 62.6 Å². The highest BCUT2D eigenvalue weighted by Crippen LogP contribution is 2.25. The second-order valence-electron chi connectivity index (χ2n) is 8.00. The van der Waals surface area contributed by atoms with Gasteiger partial charge in [0.25, 0.3) is 0 Å². The van der Waals surface area contributed by atoms with Gasteiger partial charge in [-0.25, -0.2) is 8.42 Å². The van der Waals surface area contributed by atoms with Crippen molar-refractivity contribution in [2.24, 2.45) is 0 Å². The third-order valence-corrected chi connectivity index (χ3v) is 7.40. The van der Waals surface area contributed by atoms with E-state index in [-0.39, 0.29) is 18.0 Å². The molecule has 0 heterocycles. The number of nitrogens with zero attached hydrogens (tertiary/aromatic N) is 1. The maximum absolute atomic E-state index is 13.4. The number of amides is 1. The van der Waals surface area contributed by atoms with Crippen LogP contribution in [0.5, 0.6) is 0 Å². The lowest BCUT2D eigenvalue weighted by Crippen LogP contribution is -2.37. The molecule has 1 N–H and O–H groups in total. The first-order valence-corrected chi connectivity index (χ1v) is 12.1. The van der Waals surface area contributed by atoms with Crippen molar-refractivity contribution in [2.75, 3.05) is 11.9 Å². The second-order valence-corrected chi connectivity index (χ2v) is 10.3. The fourth-order valence-electron chi connectivity index (χ4n) is 3.62. The zero-order valence-electron chi connectivity index (χ0n) is 18.6. The summed E-state index contributed by atoms with van der Waals surface area (Å²) in [6.45, 7) is 7.35. The molecule has 0 radical (unpaired) electrons. The number of benzene rings is 3. The monoisotopic (exact) mass is 470 g/mol. The summed E-state index contributed by atoms with van der Waals surface area (Å²) in [6, 6.07) is 17.6. The lowest BCUT2D eigenvalue weighted by Gasteiger charge is -2.23. The van der Waals surface area contributed by atoms with E-state index < -0.39 is 15.9 Å². The van der Waals surface area contributed by atoms with Crippen LogP contribution in [0.3, 0.4) is 0 Å². The second kappa shape index (κ2) is 9.86. The Balaban J connectivity index is 1.93. The van der Waals surface area contributed by atoms with Crippen molar-refractivity contribution in [1.82, 2.24) is 4.31 Å². The van der Waals surface area contributed by atoms with Gasteiger partial charge in [0, 0.05) is 17.3 Å². The molecule has 0 atom stereocenters. The summed E-state index contributed by atoms with van der Waals surface area (Å²) in [5.74, 6) is -0.414. The van der Waals surface area contributed by atoms with Gasteiger partial charge in [-0.15, -0.1) is 0 Å². The van der Waals surface area contributed by atoms with Gasteiger partial charge >= 0.3 is 0 Å². The molecule has 0 saturated heterocycles. The van der Waals surface area contributed by atoms with Gasteiger partial charge in [-0.3, -0.25) is 4.79 Å². The van der Waals surface area contributed by atoms with Gasteiger partial charge in [-0.1, -0.05) is 65.2 Å². The number of anilines is 1. The van der Waals surface area contributed by atoms with Gasteiger partial charge in [0.2, 0.25) is 15.9 Å². The number of hydrogen-bond donors (Lipinski definition) is 1. The van der Waals surface area contributed by atoms with Crippen LogP contribution in [-0.2, 0) is 21.4 Å². The SMILES string of the molecule is Cc1ccc(S(=O)(=O)N(CC(=O)Nc2c(C)cc(C)cc2C)Cc2ccccc2Cl)cc1. The quantitative estimate of drug-likeness (QED) is 0.502. The van der Waals surface area contributed by atoms with Crippen LogP contribution in [-0.4, -0.2) is 25.2 Å². The van der Waals surface area contributed by atoms with E-state index in [1.54, 1.807) is 48.5 Å². The maximum Gasteiger partial charge on any atom is 0.243 e. The number of hydrogen-bond acceptors (Lipinski definition) is 3. The van der Waals surface area contributed by atoms with Crippen molar-refractivity contribution in [2.45, 2.75) is 39.1 Å². The van der Waals surface area contributed by atoms with Crippen molar-refractivity contribution in [3.05, 3.63) is 93.5 Å². The third-order valence-electron chi connectivity index (χ3n) is 5.22. The molecule has 32 heavy (non-hydrogen) atoms. The van der Waals surface area contributed by atoms with Crippen molar-refractivity contribution < 1.29 is 13.2 Å². The number of carbonyl (C=O) groups is 1. The Morgan fingerprint density at radius 3 is 2.09 bits per heavy atom. The molecule has 0 aliphatic heterocycles. The van der Waals surface area contributed by atoms with Crippen LogP contribution in [0.4, 0.5) is 5.69 Å². The van der Waals surface area contributed by atoms with E-state index in [2.05, 4.69) is 5.32 Å². The van der Waals surface area contributed by atoms with Crippen LogP contribution in [0.15, 0.2) is 65.6 Å². The number of sulfonamides is 1. The summed E-state index contributed by atoms with van der Waals surface area (Å²) in [4.78, 5) is 13.1. The van der Waals surface area contributed by atoms with Crippen LogP contribution < -0.4 is 5.32 Å². The Kier molecular flexibility index (Phi) is 7.39. The summed E-state index contributed by atoms with van der Waals surface area (Å²) in [7, 11) is -3.93. The minimum atomic E-state index is -3.93. The van der Waals surface area contributed by atoms with E-state index in [1.807, 2.05) is 39.8 Å². The molecule has 0 aliphatic carbocycles. The number of nitrogens with one attached hydrogen (secondary N) is 1. The normalized spacial score (nSPS) is 11.6. The summed E-state index contributed by atoms with van der Waals surface area (Å²) in [5, 5.41) is 3.34. The molecule has 168 valence electrons. The first-order valence-electron chi connectivity index (χ1n) is 10.3. The fraction of sp³-hybridized carbons (Fsp3) is 0.240. The maximum atomic E-state index is 13.4. The topological polar surface area (TPSA) is 66.5 Å². The van der Waals surface area contributed by atoms with Crippen molar-refractivity contribution in [3.63, 3.8) is 0 Å². The number of carbonyl (C=O) groups excluding carboxylic acids is 1. The average Bonchev–Trinajstić information content (AvgIpc) is 2.72. The molecule has 0 fully saturated rings. The molecule has 0 aliphatic rings.